The lowest BCUT2D eigenvalue weighted by Gasteiger charge is -2.16. The summed E-state index contributed by atoms with van der Waals surface area (Å²) in [4.78, 5) is 0. The minimum atomic E-state index is 0.501. The molecule has 3 rings (SSSR count). The SMILES string of the molecule is COc1ccc(CNCc2c(OCC(C)C)ccc3ccccc23)cc1. The van der Waals surface area contributed by atoms with Crippen LogP contribution in [0.4, 0.5) is 0 Å². The molecule has 0 unspecified atom stereocenters. The van der Waals surface area contributed by atoms with Crippen LogP contribution in [0.3, 0.4) is 0 Å². The lowest BCUT2D eigenvalue weighted by atomic mass is 10.0. The van der Waals surface area contributed by atoms with Crippen LogP contribution in [0.1, 0.15) is 25.0 Å². The van der Waals surface area contributed by atoms with Crippen molar-refractivity contribution in [2.45, 2.75) is 26.9 Å². The van der Waals surface area contributed by atoms with E-state index in [1.54, 1.807) is 7.11 Å². The second-order valence-electron chi connectivity index (χ2n) is 6.92. The van der Waals surface area contributed by atoms with Crippen molar-refractivity contribution in [1.82, 2.24) is 5.32 Å². The molecule has 0 aliphatic carbocycles. The number of fused-ring (bicyclic) bond motifs is 1. The third kappa shape index (κ3) is 4.55. The Bertz CT molecular complexity index is 840. The van der Waals surface area contributed by atoms with Gasteiger partial charge in [-0.15, -0.1) is 0 Å². The van der Waals surface area contributed by atoms with Gasteiger partial charge in [0.1, 0.15) is 11.5 Å². The predicted octanol–water partition coefficient (Wildman–Crippen LogP) is 5.17. The molecule has 3 aromatic rings. The monoisotopic (exact) mass is 349 g/mol. The van der Waals surface area contributed by atoms with Crippen molar-refractivity contribution >= 4 is 10.8 Å². The van der Waals surface area contributed by atoms with Crippen LogP contribution in [0.25, 0.3) is 10.8 Å². The Morgan fingerprint density at radius 2 is 1.65 bits per heavy atom. The first-order valence-electron chi connectivity index (χ1n) is 9.14. The lowest BCUT2D eigenvalue weighted by molar-refractivity contribution is 0.268. The number of hydrogen-bond acceptors (Lipinski definition) is 3. The fourth-order valence-electron chi connectivity index (χ4n) is 2.97. The van der Waals surface area contributed by atoms with Crippen molar-refractivity contribution in [3.8, 4) is 11.5 Å². The van der Waals surface area contributed by atoms with Gasteiger partial charge in [-0.25, -0.2) is 0 Å². The Hall–Kier alpha value is -2.52. The van der Waals surface area contributed by atoms with Gasteiger partial charge >= 0.3 is 0 Å². The van der Waals surface area contributed by atoms with Gasteiger partial charge in [0.2, 0.25) is 0 Å². The van der Waals surface area contributed by atoms with Gasteiger partial charge < -0.3 is 14.8 Å². The van der Waals surface area contributed by atoms with E-state index in [1.807, 2.05) is 12.1 Å². The number of rotatable bonds is 8. The van der Waals surface area contributed by atoms with Gasteiger partial charge in [-0.1, -0.05) is 56.3 Å². The Morgan fingerprint density at radius 3 is 2.38 bits per heavy atom. The zero-order valence-electron chi connectivity index (χ0n) is 15.8. The molecule has 0 atom stereocenters. The van der Waals surface area contributed by atoms with Crippen LogP contribution in [0.15, 0.2) is 60.7 Å². The van der Waals surface area contributed by atoms with Gasteiger partial charge in [0, 0.05) is 18.7 Å². The second kappa shape index (κ2) is 8.72. The maximum atomic E-state index is 6.08. The van der Waals surface area contributed by atoms with Gasteiger partial charge in [0.15, 0.2) is 0 Å². The topological polar surface area (TPSA) is 30.5 Å². The van der Waals surface area contributed by atoms with E-state index in [1.165, 1.54) is 21.9 Å². The third-order valence-corrected chi connectivity index (χ3v) is 4.36. The summed E-state index contributed by atoms with van der Waals surface area (Å²) in [6.45, 7) is 6.63. The Morgan fingerprint density at radius 1 is 0.885 bits per heavy atom. The molecule has 3 heteroatoms. The van der Waals surface area contributed by atoms with Crippen LogP contribution in [-0.2, 0) is 13.1 Å². The molecule has 0 aliphatic rings. The number of methoxy groups -OCH3 is 1. The van der Waals surface area contributed by atoms with Gasteiger partial charge in [-0.2, -0.15) is 0 Å². The van der Waals surface area contributed by atoms with Crippen LogP contribution < -0.4 is 14.8 Å². The fourth-order valence-corrected chi connectivity index (χ4v) is 2.97. The van der Waals surface area contributed by atoms with Gasteiger partial charge in [0.25, 0.3) is 0 Å². The van der Waals surface area contributed by atoms with E-state index in [-0.39, 0.29) is 0 Å². The molecule has 0 amide bonds. The summed E-state index contributed by atoms with van der Waals surface area (Å²) >= 11 is 0. The number of benzene rings is 3. The van der Waals surface area contributed by atoms with Crippen molar-refractivity contribution in [1.29, 1.82) is 0 Å². The normalized spacial score (nSPS) is 11.1. The molecule has 0 aliphatic heterocycles. The highest BCUT2D eigenvalue weighted by molar-refractivity contribution is 5.87. The first-order chi connectivity index (χ1) is 12.7. The van der Waals surface area contributed by atoms with E-state index < -0.39 is 0 Å². The first kappa shape index (κ1) is 18.3. The number of hydrogen-bond donors (Lipinski definition) is 1. The highest BCUT2D eigenvalue weighted by atomic mass is 16.5. The van der Waals surface area contributed by atoms with Crippen LogP contribution in [-0.4, -0.2) is 13.7 Å². The van der Waals surface area contributed by atoms with Crippen molar-refractivity contribution in [2.75, 3.05) is 13.7 Å². The van der Waals surface area contributed by atoms with E-state index in [2.05, 4.69) is 67.7 Å². The summed E-state index contributed by atoms with van der Waals surface area (Å²) in [5.74, 6) is 2.35. The van der Waals surface area contributed by atoms with Crippen molar-refractivity contribution in [2.24, 2.45) is 5.92 Å². The zero-order valence-corrected chi connectivity index (χ0v) is 15.8. The molecule has 0 bridgehead atoms. The highest BCUT2D eigenvalue weighted by Gasteiger charge is 2.09. The standard InChI is InChI=1S/C23H27NO2/c1-17(2)16-26-23-13-10-19-6-4-5-7-21(19)22(23)15-24-14-18-8-11-20(25-3)12-9-18/h4-13,17,24H,14-16H2,1-3H3. The predicted molar refractivity (Wildman–Crippen MR) is 108 cm³/mol. The summed E-state index contributed by atoms with van der Waals surface area (Å²) in [6, 6.07) is 20.9. The van der Waals surface area contributed by atoms with E-state index in [4.69, 9.17) is 9.47 Å². The summed E-state index contributed by atoms with van der Waals surface area (Å²) in [7, 11) is 1.69. The van der Waals surface area contributed by atoms with E-state index in [0.29, 0.717) is 5.92 Å². The summed E-state index contributed by atoms with van der Waals surface area (Å²) in [5, 5.41) is 6.04. The van der Waals surface area contributed by atoms with Gasteiger partial charge in [-0.3, -0.25) is 0 Å². The zero-order chi connectivity index (χ0) is 18.4. The highest BCUT2D eigenvalue weighted by Crippen LogP contribution is 2.28. The van der Waals surface area contributed by atoms with Gasteiger partial charge in [0.05, 0.1) is 13.7 Å². The molecule has 0 saturated heterocycles. The molecule has 0 radical (unpaired) electrons. The lowest BCUT2D eigenvalue weighted by Crippen LogP contribution is -2.15. The van der Waals surface area contributed by atoms with Crippen molar-refractivity contribution in [3.63, 3.8) is 0 Å². The molecule has 136 valence electrons. The minimum Gasteiger partial charge on any atom is -0.497 e. The van der Waals surface area contributed by atoms with Crippen LogP contribution in [0, 0.1) is 5.92 Å². The van der Waals surface area contributed by atoms with E-state index in [9.17, 15) is 0 Å². The minimum absolute atomic E-state index is 0.501. The molecular formula is C23H27NO2. The molecule has 3 nitrogen and oxygen atoms in total. The quantitative estimate of drug-likeness (QED) is 0.608. The van der Waals surface area contributed by atoms with Crippen LogP contribution in [0.2, 0.25) is 0 Å². The molecule has 0 saturated carbocycles. The molecule has 0 spiro atoms. The Kier molecular flexibility index (Phi) is 6.13. The molecule has 3 aromatic carbocycles. The smallest absolute Gasteiger partial charge is 0.124 e. The van der Waals surface area contributed by atoms with Gasteiger partial charge in [-0.05, 0) is 40.5 Å². The molecule has 0 heterocycles. The van der Waals surface area contributed by atoms with E-state index >= 15 is 0 Å². The molecular weight excluding hydrogens is 322 g/mol. The van der Waals surface area contributed by atoms with Crippen LogP contribution in [0.5, 0.6) is 11.5 Å². The van der Waals surface area contributed by atoms with Crippen molar-refractivity contribution < 1.29 is 9.47 Å². The van der Waals surface area contributed by atoms with E-state index in [0.717, 1.165) is 31.2 Å². The maximum absolute atomic E-state index is 6.08. The average Bonchev–Trinajstić information content (AvgIpc) is 2.67. The maximum Gasteiger partial charge on any atom is 0.124 e. The van der Waals surface area contributed by atoms with Crippen LogP contribution >= 0.6 is 0 Å². The molecule has 1 N–H and O–H groups in total. The summed E-state index contributed by atoms with van der Waals surface area (Å²) in [5.41, 5.74) is 2.45. The van der Waals surface area contributed by atoms with Crippen molar-refractivity contribution in [3.05, 3.63) is 71.8 Å². The fraction of sp³-hybridized carbons (Fsp3) is 0.304. The number of nitrogens with one attached hydrogen (secondary N) is 1. The second-order valence-corrected chi connectivity index (χ2v) is 6.92. The Labute approximate surface area is 156 Å². The number of ether oxygens (including phenoxy) is 2. The molecule has 26 heavy (non-hydrogen) atoms. The summed E-state index contributed by atoms with van der Waals surface area (Å²) < 4.78 is 11.3. The Balaban J connectivity index is 1.76. The molecule has 0 fully saturated rings. The summed E-state index contributed by atoms with van der Waals surface area (Å²) in [6.07, 6.45) is 0. The largest absolute Gasteiger partial charge is 0.497 e. The first-order valence-corrected chi connectivity index (χ1v) is 9.14. The molecule has 0 aromatic heterocycles. The third-order valence-electron chi connectivity index (χ3n) is 4.36. The average molecular weight is 349 g/mol.